The second-order valence-electron chi connectivity index (χ2n) is 4.49. The van der Waals surface area contributed by atoms with E-state index in [1.165, 1.54) is 24.3 Å². The first-order valence-electron chi connectivity index (χ1n) is 6.04. The van der Waals surface area contributed by atoms with Crippen LogP contribution in [-0.2, 0) is 9.47 Å². The smallest absolute Gasteiger partial charge is 0.278 e. The van der Waals surface area contributed by atoms with Crippen LogP contribution in [0, 0.1) is 0 Å². The van der Waals surface area contributed by atoms with E-state index < -0.39 is 24.5 Å². The minimum atomic E-state index is -0.977. The van der Waals surface area contributed by atoms with Gasteiger partial charge in [0.1, 0.15) is 18.3 Å². The van der Waals surface area contributed by atoms with Crippen molar-refractivity contribution in [2.24, 2.45) is 0 Å². The number of methoxy groups -OCH3 is 1. The Hall–Kier alpha value is -1.01. The van der Waals surface area contributed by atoms with Crippen LogP contribution in [0.15, 0.2) is 17.4 Å². The number of imidazole rings is 1. The number of H-pyrrole nitrogens is 1. The summed E-state index contributed by atoms with van der Waals surface area (Å²) >= 11 is 0. The number of nitrogens with zero attached hydrogens (tertiary/aromatic N) is 3. The summed E-state index contributed by atoms with van der Waals surface area (Å²) < 4.78 is 12.3. The van der Waals surface area contributed by atoms with E-state index in [1.54, 1.807) is 0 Å². The normalized spacial score (nSPS) is 28.7. The Kier molecular flexibility index (Phi) is 4.99. The van der Waals surface area contributed by atoms with Crippen LogP contribution in [0.3, 0.4) is 0 Å². The van der Waals surface area contributed by atoms with Crippen molar-refractivity contribution < 1.29 is 19.7 Å². The summed E-state index contributed by atoms with van der Waals surface area (Å²) in [5.41, 5.74) is 0.138. The third kappa shape index (κ3) is 2.59. The molecule has 0 amide bonds. The predicted molar refractivity (Wildman–Crippen MR) is 71.7 cm³/mol. The fourth-order valence-electron chi connectivity index (χ4n) is 2.40. The van der Waals surface area contributed by atoms with Crippen molar-refractivity contribution in [2.75, 3.05) is 13.7 Å². The quantitative estimate of drug-likeness (QED) is 0.509. The van der Waals surface area contributed by atoms with Gasteiger partial charge in [0.25, 0.3) is 5.56 Å². The molecule has 4 radical (unpaired) electrons. The number of hydrogen-bond donors (Lipinski definition) is 3. The number of aromatic amines is 1. The molecule has 10 heteroatoms. The van der Waals surface area contributed by atoms with Crippen LogP contribution >= 0.6 is 0 Å². The van der Waals surface area contributed by atoms with Gasteiger partial charge in [0.05, 0.1) is 19.3 Å². The van der Waals surface area contributed by atoms with Crippen LogP contribution in [0.1, 0.15) is 6.23 Å². The van der Waals surface area contributed by atoms with Crippen LogP contribution in [-0.4, -0.2) is 85.7 Å². The molecule has 1 fully saturated rings. The van der Waals surface area contributed by atoms with E-state index in [0.717, 1.165) is 0 Å². The number of rotatable bonds is 3. The number of fused-ring (bicyclic) bond motifs is 1. The monoisotopic (exact) mass is 402 g/mol. The van der Waals surface area contributed by atoms with Gasteiger partial charge in [-0.2, -0.15) is 0 Å². The molecule has 2 aromatic rings. The van der Waals surface area contributed by atoms with E-state index in [4.69, 9.17) is 9.47 Å². The number of nitrogens with one attached hydrogen (secondary N) is 1. The Balaban J connectivity index is 0.00000161. The first kappa shape index (κ1) is 16.4. The van der Waals surface area contributed by atoms with Crippen LogP contribution < -0.4 is 5.56 Å². The fourth-order valence-corrected chi connectivity index (χ4v) is 2.40. The predicted octanol–water partition coefficient (Wildman–Crippen LogP) is -2.00. The second-order valence-corrected chi connectivity index (χ2v) is 4.49. The molecule has 1 aliphatic rings. The molecule has 0 spiro atoms. The van der Waals surface area contributed by atoms with Crippen molar-refractivity contribution in [3.8, 4) is 0 Å². The summed E-state index contributed by atoms with van der Waals surface area (Å²) in [6.07, 6.45) is -0.480. The molecule has 0 aliphatic carbocycles. The maximum atomic E-state index is 11.6. The zero-order valence-electron chi connectivity index (χ0n) is 11.1. The summed E-state index contributed by atoms with van der Waals surface area (Å²) in [6, 6.07) is 0. The molecule has 0 unspecified atom stereocenters. The average molecular weight is 401 g/mol. The summed E-state index contributed by atoms with van der Waals surface area (Å²) in [5.74, 6) is 0. The average Bonchev–Trinajstić information content (AvgIpc) is 3.00. The molecular weight excluding hydrogens is 387 g/mol. The maximum absolute atomic E-state index is 11.6. The molecule has 9 nitrogen and oxygen atoms in total. The molecule has 2 aromatic heterocycles. The van der Waals surface area contributed by atoms with Gasteiger partial charge in [-0.3, -0.25) is 9.36 Å². The van der Waals surface area contributed by atoms with Gasteiger partial charge in [0, 0.05) is 31.0 Å². The molecule has 3 heterocycles. The molecule has 3 N–H and O–H groups in total. The molecule has 1 aliphatic heterocycles. The number of hydrogen-bond acceptors (Lipinski definition) is 7. The van der Waals surface area contributed by atoms with Crippen molar-refractivity contribution >= 4 is 35.1 Å². The molecule has 112 valence electrons. The summed E-state index contributed by atoms with van der Waals surface area (Å²) in [4.78, 5) is 22.1. The van der Waals surface area contributed by atoms with Gasteiger partial charge in [0.15, 0.2) is 17.4 Å². The molecule has 3 rings (SSSR count). The van der Waals surface area contributed by atoms with E-state index in [0.29, 0.717) is 5.65 Å². The summed E-state index contributed by atoms with van der Waals surface area (Å²) in [6.45, 7) is -0.335. The van der Waals surface area contributed by atoms with Gasteiger partial charge in [-0.1, -0.05) is 0 Å². The first-order chi connectivity index (χ1) is 9.67. The maximum Gasteiger partial charge on any atom is 0.278 e. The molecular formula is C11H14N4O5Sn. The Labute approximate surface area is 135 Å². The number of aliphatic hydroxyl groups is 2. The molecule has 4 atom stereocenters. The van der Waals surface area contributed by atoms with Crippen molar-refractivity contribution in [3.05, 3.63) is 23.0 Å². The fraction of sp³-hybridized carbons (Fsp3) is 0.545. The standard InChI is InChI=1S/C11H14N4O5.Sn/c1-19-8-7(17)5(2-16)20-11(8)15-4-14-6-9(15)12-3-13-10(6)18;/h3-5,7-8,11,16-17H,2H2,1H3,(H,12,13,18);/t5-,7-,8-,11-;/m1./s1. The third-order valence-corrected chi connectivity index (χ3v) is 3.40. The van der Waals surface area contributed by atoms with E-state index in [9.17, 15) is 15.0 Å². The van der Waals surface area contributed by atoms with Crippen LogP contribution in [0.4, 0.5) is 0 Å². The SMILES string of the molecule is CO[C@@H]1[C@H](O)[C@@H](CO)O[C@H]1n1cnc2c(=O)[nH]cnc21.[Sn]. The van der Waals surface area contributed by atoms with E-state index in [2.05, 4.69) is 15.0 Å². The molecule has 0 bridgehead atoms. The van der Waals surface area contributed by atoms with Gasteiger partial charge in [-0.15, -0.1) is 0 Å². The van der Waals surface area contributed by atoms with Gasteiger partial charge < -0.3 is 24.7 Å². The number of aromatic nitrogens is 4. The van der Waals surface area contributed by atoms with Crippen molar-refractivity contribution in [3.63, 3.8) is 0 Å². The van der Waals surface area contributed by atoms with Gasteiger partial charge in [-0.05, 0) is 0 Å². The largest absolute Gasteiger partial charge is 0.394 e. The Morgan fingerprint density at radius 1 is 1.52 bits per heavy atom. The minimum Gasteiger partial charge on any atom is -0.394 e. The van der Waals surface area contributed by atoms with E-state index in [1.807, 2.05) is 0 Å². The van der Waals surface area contributed by atoms with Crippen molar-refractivity contribution in [2.45, 2.75) is 24.5 Å². The number of ether oxygens (including phenoxy) is 2. The van der Waals surface area contributed by atoms with Crippen molar-refractivity contribution in [1.29, 1.82) is 0 Å². The van der Waals surface area contributed by atoms with Crippen LogP contribution in [0.5, 0.6) is 0 Å². The van der Waals surface area contributed by atoms with E-state index >= 15 is 0 Å². The summed E-state index contributed by atoms with van der Waals surface area (Å²) in [7, 11) is 1.43. The van der Waals surface area contributed by atoms with Gasteiger partial charge >= 0.3 is 0 Å². The second kappa shape index (κ2) is 6.40. The van der Waals surface area contributed by atoms with Gasteiger partial charge in [-0.25, -0.2) is 9.97 Å². The summed E-state index contributed by atoms with van der Waals surface area (Å²) in [5, 5.41) is 19.2. The molecule has 0 aromatic carbocycles. The Morgan fingerprint density at radius 2 is 2.29 bits per heavy atom. The van der Waals surface area contributed by atoms with Crippen molar-refractivity contribution in [1.82, 2.24) is 19.5 Å². The topological polar surface area (TPSA) is 122 Å². The first-order valence-corrected chi connectivity index (χ1v) is 6.04. The minimum absolute atomic E-state index is 0. The Bertz CT molecular complexity index is 674. The molecule has 0 saturated carbocycles. The molecule has 21 heavy (non-hydrogen) atoms. The third-order valence-electron chi connectivity index (χ3n) is 3.40. The zero-order valence-corrected chi connectivity index (χ0v) is 14.0. The van der Waals surface area contributed by atoms with Gasteiger partial charge in [0.2, 0.25) is 0 Å². The Morgan fingerprint density at radius 3 is 2.95 bits per heavy atom. The van der Waals surface area contributed by atoms with Crippen LogP contribution in [0.2, 0.25) is 0 Å². The zero-order chi connectivity index (χ0) is 14.3. The van der Waals surface area contributed by atoms with Crippen LogP contribution in [0.25, 0.3) is 11.2 Å². The number of aliphatic hydroxyl groups excluding tert-OH is 2. The molecule has 1 saturated heterocycles. The van der Waals surface area contributed by atoms with E-state index in [-0.39, 0.29) is 41.6 Å².